The highest BCUT2D eigenvalue weighted by Crippen LogP contribution is 2.36. The first kappa shape index (κ1) is 28.5. The Morgan fingerprint density at radius 2 is 1.67 bits per heavy atom. The zero-order valence-corrected chi connectivity index (χ0v) is 22.3. The fourth-order valence-electron chi connectivity index (χ4n) is 4.85. The van der Waals surface area contributed by atoms with Crippen molar-refractivity contribution in [2.45, 2.75) is 32.0 Å². The smallest absolute Gasteiger partial charge is 0.416 e. The van der Waals surface area contributed by atoms with Crippen LogP contribution in [0.2, 0.25) is 5.02 Å². The van der Waals surface area contributed by atoms with Crippen molar-refractivity contribution < 1.29 is 27.5 Å². The van der Waals surface area contributed by atoms with Crippen molar-refractivity contribution in [1.82, 2.24) is 9.80 Å². The largest absolute Gasteiger partial charge is 0.493 e. The number of nitrogens with zero attached hydrogens (tertiary/aromatic N) is 2. The van der Waals surface area contributed by atoms with Gasteiger partial charge in [-0.1, -0.05) is 41.9 Å². The van der Waals surface area contributed by atoms with Crippen LogP contribution in [-0.4, -0.2) is 48.4 Å². The van der Waals surface area contributed by atoms with Crippen molar-refractivity contribution in [2.24, 2.45) is 5.41 Å². The summed E-state index contributed by atoms with van der Waals surface area (Å²) in [5, 5.41) is 0.570. The van der Waals surface area contributed by atoms with Gasteiger partial charge in [-0.05, 0) is 66.9 Å². The van der Waals surface area contributed by atoms with Crippen LogP contribution in [0.1, 0.15) is 40.7 Å². The number of ether oxygens (including phenoxy) is 1. The predicted octanol–water partition coefficient (Wildman–Crippen LogP) is 6.71. The molecule has 9 heteroatoms. The Morgan fingerprint density at radius 3 is 2.31 bits per heavy atom. The van der Waals surface area contributed by atoms with E-state index in [1.54, 1.807) is 41.1 Å². The zero-order chi connectivity index (χ0) is 28.0. The zero-order valence-electron chi connectivity index (χ0n) is 21.6. The minimum Gasteiger partial charge on any atom is -0.493 e. The molecule has 3 aromatic rings. The molecule has 0 saturated carbocycles. The van der Waals surface area contributed by atoms with Gasteiger partial charge >= 0.3 is 6.18 Å². The van der Waals surface area contributed by atoms with Crippen molar-refractivity contribution >= 4 is 23.4 Å². The number of likely N-dealkylation sites (tertiary alicyclic amines) is 1. The molecule has 1 fully saturated rings. The number of halogens is 4. The molecule has 5 nitrogen and oxygen atoms in total. The van der Waals surface area contributed by atoms with Gasteiger partial charge in [-0.15, -0.1) is 0 Å². The summed E-state index contributed by atoms with van der Waals surface area (Å²) < 4.78 is 45.1. The topological polar surface area (TPSA) is 49.9 Å². The second kappa shape index (κ2) is 12.1. The van der Waals surface area contributed by atoms with Gasteiger partial charge in [0.25, 0.3) is 5.91 Å². The summed E-state index contributed by atoms with van der Waals surface area (Å²) in [6.45, 7) is 1.32. The molecule has 2 amide bonds. The molecule has 0 aromatic heterocycles. The molecular formula is C30H30ClF3N2O3. The average molecular weight is 559 g/mol. The monoisotopic (exact) mass is 558 g/mol. The molecule has 3 aromatic carbocycles. The SMILES string of the molecule is CN(Cc1ccccc1)C(=O)C[C@@]1(COc2ccc(Cl)cc2)CCCN(C(=O)c2ccc(C(F)(F)F)cc2)C1. The number of amides is 2. The molecule has 0 radical (unpaired) electrons. The standard InChI is InChI=1S/C30H30ClF3N2O3/c1-35(19-22-6-3-2-4-7-22)27(37)18-29(21-39-26-14-12-25(31)13-15-26)16-5-17-36(20-29)28(38)23-8-10-24(11-9-23)30(32,33)34/h2-4,6-15H,5,16-21H2,1H3/t29-/m0/s1. The first-order chi connectivity index (χ1) is 18.5. The lowest BCUT2D eigenvalue weighted by atomic mass is 9.77. The molecule has 1 aliphatic heterocycles. The molecule has 0 aliphatic carbocycles. The Balaban J connectivity index is 1.52. The second-order valence-corrected chi connectivity index (χ2v) is 10.5. The van der Waals surface area contributed by atoms with Crippen LogP contribution in [-0.2, 0) is 17.5 Å². The minimum atomic E-state index is -4.48. The quantitative estimate of drug-likeness (QED) is 0.309. The molecule has 0 bridgehead atoms. The van der Waals surface area contributed by atoms with Gasteiger partial charge in [-0.3, -0.25) is 9.59 Å². The first-order valence-corrected chi connectivity index (χ1v) is 13.1. The van der Waals surface area contributed by atoms with E-state index in [-0.39, 0.29) is 37.0 Å². The molecule has 4 rings (SSSR count). The maximum Gasteiger partial charge on any atom is 0.416 e. The summed E-state index contributed by atoms with van der Waals surface area (Å²) >= 11 is 5.99. The lowest BCUT2D eigenvalue weighted by molar-refractivity contribution is -0.137. The van der Waals surface area contributed by atoms with Crippen LogP contribution in [0.4, 0.5) is 13.2 Å². The predicted molar refractivity (Wildman–Crippen MR) is 143 cm³/mol. The van der Waals surface area contributed by atoms with E-state index in [4.69, 9.17) is 16.3 Å². The summed E-state index contributed by atoms with van der Waals surface area (Å²) in [6.07, 6.45) is -3.04. The molecule has 1 saturated heterocycles. The third kappa shape index (κ3) is 7.53. The molecule has 1 atom stereocenters. The lowest BCUT2D eigenvalue weighted by Crippen LogP contribution is -2.50. The van der Waals surface area contributed by atoms with Crippen molar-refractivity contribution in [1.29, 1.82) is 0 Å². The number of hydrogen-bond acceptors (Lipinski definition) is 3. The third-order valence-corrected chi connectivity index (χ3v) is 7.23. The van der Waals surface area contributed by atoms with E-state index < -0.39 is 17.2 Å². The maximum atomic E-state index is 13.4. The van der Waals surface area contributed by atoms with Gasteiger partial charge in [-0.25, -0.2) is 0 Å². The molecule has 206 valence electrons. The fraction of sp³-hybridized carbons (Fsp3) is 0.333. The number of hydrogen-bond donors (Lipinski definition) is 0. The number of benzene rings is 3. The van der Waals surface area contributed by atoms with Gasteiger partial charge in [0.15, 0.2) is 0 Å². The van der Waals surface area contributed by atoms with Crippen LogP contribution in [0, 0.1) is 5.41 Å². The van der Waals surface area contributed by atoms with Crippen LogP contribution in [0.3, 0.4) is 0 Å². The van der Waals surface area contributed by atoms with Crippen molar-refractivity contribution in [3.63, 3.8) is 0 Å². The van der Waals surface area contributed by atoms with Crippen LogP contribution in [0.15, 0.2) is 78.9 Å². The van der Waals surface area contributed by atoms with E-state index in [0.717, 1.165) is 17.7 Å². The molecule has 39 heavy (non-hydrogen) atoms. The fourth-order valence-corrected chi connectivity index (χ4v) is 4.97. The van der Waals surface area contributed by atoms with Crippen LogP contribution >= 0.6 is 11.6 Å². The van der Waals surface area contributed by atoms with Crippen LogP contribution < -0.4 is 4.74 Å². The van der Waals surface area contributed by atoms with E-state index >= 15 is 0 Å². The van der Waals surface area contributed by atoms with Gasteiger partial charge < -0.3 is 14.5 Å². The van der Waals surface area contributed by atoms with Gasteiger partial charge in [0, 0.05) is 49.1 Å². The number of carbonyl (C=O) groups excluding carboxylic acids is 2. The van der Waals surface area contributed by atoms with Crippen LogP contribution in [0.25, 0.3) is 0 Å². The molecule has 0 spiro atoms. The average Bonchev–Trinajstić information content (AvgIpc) is 2.92. The highest BCUT2D eigenvalue weighted by atomic mass is 35.5. The first-order valence-electron chi connectivity index (χ1n) is 12.7. The molecule has 1 heterocycles. The van der Waals surface area contributed by atoms with E-state index in [1.807, 2.05) is 30.3 Å². The second-order valence-electron chi connectivity index (χ2n) is 10.1. The number of piperidine rings is 1. The summed E-state index contributed by atoms with van der Waals surface area (Å²) in [5.41, 5.74) is -0.315. The van der Waals surface area contributed by atoms with Crippen LogP contribution in [0.5, 0.6) is 5.75 Å². The molecular weight excluding hydrogens is 529 g/mol. The van der Waals surface area contributed by atoms with Gasteiger partial charge in [-0.2, -0.15) is 13.2 Å². The number of rotatable bonds is 8. The summed E-state index contributed by atoms with van der Waals surface area (Å²) in [7, 11) is 1.75. The highest BCUT2D eigenvalue weighted by Gasteiger charge is 2.41. The van der Waals surface area contributed by atoms with Crippen molar-refractivity contribution in [3.8, 4) is 5.75 Å². The van der Waals surface area contributed by atoms with E-state index in [1.165, 1.54) is 12.1 Å². The third-order valence-electron chi connectivity index (χ3n) is 6.98. The normalized spacial score (nSPS) is 17.5. The Bertz CT molecular complexity index is 1270. The Hall–Kier alpha value is -3.52. The Kier molecular flexibility index (Phi) is 8.85. The molecule has 0 N–H and O–H groups in total. The van der Waals surface area contributed by atoms with Crippen molar-refractivity contribution in [2.75, 3.05) is 26.7 Å². The summed E-state index contributed by atoms with van der Waals surface area (Å²) in [4.78, 5) is 30.0. The highest BCUT2D eigenvalue weighted by molar-refractivity contribution is 6.30. The Labute approximate surface area is 231 Å². The van der Waals surface area contributed by atoms with E-state index in [0.29, 0.717) is 36.7 Å². The number of alkyl halides is 3. The summed E-state index contributed by atoms with van der Waals surface area (Å²) in [5.74, 6) is 0.141. The minimum absolute atomic E-state index is 0.0811. The van der Waals surface area contributed by atoms with Gasteiger partial charge in [0.2, 0.25) is 5.91 Å². The lowest BCUT2D eigenvalue weighted by Gasteiger charge is -2.43. The molecule has 1 aliphatic rings. The van der Waals surface area contributed by atoms with Crippen molar-refractivity contribution in [3.05, 3.63) is 101 Å². The van der Waals surface area contributed by atoms with E-state index in [2.05, 4.69) is 0 Å². The summed E-state index contributed by atoms with van der Waals surface area (Å²) in [6, 6.07) is 20.8. The molecule has 0 unspecified atom stereocenters. The van der Waals surface area contributed by atoms with E-state index in [9.17, 15) is 22.8 Å². The maximum absolute atomic E-state index is 13.4. The number of carbonyl (C=O) groups is 2. The van der Waals surface area contributed by atoms with Gasteiger partial charge in [0.05, 0.1) is 12.2 Å². The Morgan fingerprint density at radius 1 is 1.00 bits per heavy atom. The van der Waals surface area contributed by atoms with Gasteiger partial charge in [0.1, 0.15) is 5.75 Å².